The molecule has 2 nitrogen and oxygen atoms in total. The van der Waals surface area contributed by atoms with Crippen LogP contribution in [0, 0.1) is 12.7 Å². The maximum atomic E-state index is 14.0. The molecule has 0 radical (unpaired) electrons. The highest BCUT2D eigenvalue weighted by Crippen LogP contribution is 2.25. The summed E-state index contributed by atoms with van der Waals surface area (Å²) in [6.45, 7) is 2.45. The molecule has 0 fully saturated rings. The lowest BCUT2D eigenvalue weighted by Crippen LogP contribution is -2.25. The van der Waals surface area contributed by atoms with E-state index in [2.05, 4.69) is 17.4 Å². The summed E-state index contributed by atoms with van der Waals surface area (Å²) in [5, 5.41) is 3.38. The SMILES string of the molecule is Cc1cccc(OC2CCc3ccccc3NC2)c1F. The van der Waals surface area contributed by atoms with Gasteiger partial charge in [-0.25, -0.2) is 4.39 Å². The number of anilines is 1. The molecule has 0 spiro atoms. The maximum absolute atomic E-state index is 14.0. The predicted octanol–water partition coefficient (Wildman–Crippen LogP) is 3.94. The number of ether oxygens (including phenoxy) is 1. The van der Waals surface area contributed by atoms with Crippen LogP contribution >= 0.6 is 0 Å². The largest absolute Gasteiger partial charge is 0.485 e. The molecule has 104 valence electrons. The maximum Gasteiger partial charge on any atom is 0.167 e. The van der Waals surface area contributed by atoms with Crippen molar-refractivity contribution in [1.82, 2.24) is 0 Å². The molecule has 1 aliphatic heterocycles. The standard InChI is InChI=1S/C17H18FNO/c1-12-5-4-8-16(17(12)18)20-14-10-9-13-6-2-3-7-15(13)19-11-14/h2-8,14,19H,9-11H2,1H3. The van der Waals surface area contributed by atoms with Gasteiger partial charge in [0.15, 0.2) is 11.6 Å². The molecule has 1 heterocycles. The van der Waals surface area contributed by atoms with Gasteiger partial charge in [0.2, 0.25) is 0 Å². The molecule has 0 saturated carbocycles. The number of aryl methyl sites for hydroxylation is 2. The Labute approximate surface area is 118 Å². The van der Waals surface area contributed by atoms with E-state index in [0.717, 1.165) is 18.5 Å². The Balaban J connectivity index is 1.73. The first-order valence-electron chi connectivity index (χ1n) is 6.97. The molecule has 20 heavy (non-hydrogen) atoms. The van der Waals surface area contributed by atoms with E-state index in [4.69, 9.17) is 4.74 Å². The van der Waals surface area contributed by atoms with Gasteiger partial charge in [0, 0.05) is 5.69 Å². The van der Waals surface area contributed by atoms with Crippen LogP contribution in [0.2, 0.25) is 0 Å². The van der Waals surface area contributed by atoms with Crippen LogP contribution in [-0.4, -0.2) is 12.6 Å². The Bertz CT molecular complexity index is 585. The lowest BCUT2D eigenvalue weighted by Gasteiger charge is -2.18. The van der Waals surface area contributed by atoms with E-state index in [1.807, 2.05) is 18.2 Å². The number of hydrogen-bond donors (Lipinski definition) is 1. The van der Waals surface area contributed by atoms with E-state index in [0.29, 0.717) is 17.9 Å². The van der Waals surface area contributed by atoms with Crippen molar-refractivity contribution < 1.29 is 9.13 Å². The number of rotatable bonds is 2. The summed E-state index contributed by atoms with van der Waals surface area (Å²) >= 11 is 0. The van der Waals surface area contributed by atoms with Crippen molar-refractivity contribution in [3.63, 3.8) is 0 Å². The third-order valence-corrected chi connectivity index (χ3v) is 3.72. The summed E-state index contributed by atoms with van der Waals surface area (Å²) in [7, 11) is 0. The molecule has 1 aliphatic rings. The molecule has 0 bridgehead atoms. The first kappa shape index (κ1) is 13.0. The Kier molecular flexibility index (Phi) is 3.59. The van der Waals surface area contributed by atoms with E-state index >= 15 is 0 Å². The second-order valence-corrected chi connectivity index (χ2v) is 5.20. The number of para-hydroxylation sites is 1. The van der Waals surface area contributed by atoms with Gasteiger partial charge in [0.1, 0.15) is 6.10 Å². The van der Waals surface area contributed by atoms with E-state index in [-0.39, 0.29) is 11.9 Å². The fraction of sp³-hybridized carbons (Fsp3) is 0.294. The summed E-state index contributed by atoms with van der Waals surface area (Å²) in [6, 6.07) is 13.5. The summed E-state index contributed by atoms with van der Waals surface area (Å²) < 4.78 is 19.8. The molecule has 3 heteroatoms. The van der Waals surface area contributed by atoms with Gasteiger partial charge in [-0.05, 0) is 43.0 Å². The molecule has 1 N–H and O–H groups in total. The van der Waals surface area contributed by atoms with Gasteiger partial charge in [0.05, 0.1) is 6.54 Å². The first-order valence-corrected chi connectivity index (χ1v) is 6.97. The van der Waals surface area contributed by atoms with Gasteiger partial charge < -0.3 is 10.1 Å². The fourth-order valence-electron chi connectivity index (χ4n) is 2.54. The van der Waals surface area contributed by atoms with Crippen molar-refractivity contribution in [3.05, 3.63) is 59.4 Å². The highest BCUT2D eigenvalue weighted by Gasteiger charge is 2.18. The Morgan fingerprint density at radius 2 is 2.00 bits per heavy atom. The predicted molar refractivity (Wildman–Crippen MR) is 78.8 cm³/mol. The van der Waals surface area contributed by atoms with E-state index in [1.54, 1.807) is 19.1 Å². The average molecular weight is 271 g/mol. The van der Waals surface area contributed by atoms with Crippen molar-refractivity contribution in [2.45, 2.75) is 25.9 Å². The minimum atomic E-state index is -0.255. The lowest BCUT2D eigenvalue weighted by molar-refractivity contribution is 0.197. The van der Waals surface area contributed by atoms with Crippen LogP contribution in [0.15, 0.2) is 42.5 Å². The molecule has 3 rings (SSSR count). The summed E-state index contributed by atoms with van der Waals surface area (Å²) in [5.74, 6) is 0.0945. The number of halogens is 1. The van der Waals surface area contributed by atoms with Crippen molar-refractivity contribution in [2.75, 3.05) is 11.9 Å². The van der Waals surface area contributed by atoms with Crippen LogP contribution in [0.5, 0.6) is 5.75 Å². The smallest absolute Gasteiger partial charge is 0.167 e. The minimum absolute atomic E-state index is 0.0151. The third-order valence-electron chi connectivity index (χ3n) is 3.72. The molecular weight excluding hydrogens is 253 g/mol. The van der Waals surface area contributed by atoms with Gasteiger partial charge in [0.25, 0.3) is 0 Å². The molecule has 2 aromatic rings. The second kappa shape index (κ2) is 5.53. The van der Waals surface area contributed by atoms with Crippen LogP contribution in [0.25, 0.3) is 0 Å². The highest BCUT2D eigenvalue weighted by atomic mass is 19.1. The highest BCUT2D eigenvalue weighted by molar-refractivity contribution is 5.52. The van der Waals surface area contributed by atoms with Crippen LogP contribution in [0.3, 0.4) is 0 Å². The van der Waals surface area contributed by atoms with Crippen LogP contribution in [0.1, 0.15) is 17.5 Å². The number of benzene rings is 2. The molecule has 1 unspecified atom stereocenters. The van der Waals surface area contributed by atoms with Crippen molar-refractivity contribution in [1.29, 1.82) is 0 Å². The van der Waals surface area contributed by atoms with E-state index in [1.165, 1.54) is 5.56 Å². The molecule has 2 aromatic carbocycles. The van der Waals surface area contributed by atoms with Gasteiger partial charge >= 0.3 is 0 Å². The molecule has 0 aliphatic carbocycles. The average Bonchev–Trinajstić information content (AvgIpc) is 2.67. The molecule has 1 atom stereocenters. The molecule has 0 amide bonds. The first-order chi connectivity index (χ1) is 9.74. The fourth-order valence-corrected chi connectivity index (χ4v) is 2.54. The number of fused-ring (bicyclic) bond motifs is 1. The summed E-state index contributed by atoms with van der Waals surface area (Å²) in [5.41, 5.74) is 3.07. The Morgan fingerprint density at radius 3 is 2.90 bits per heavy atom. The summed E-state index contributed by atoms with van der Waals surface area (Å²) in [4.78, 5) is 0. The Morgan fingerprint density at radius 1 is 1.15 bits per heavy atom. The van der Waals surface area contributed by atoms with Crippen molar-refractivity contribution in [3.8, 4) is 5.75 Å². The quantitative estimate of drug-likeness (QED) is 0.893. The number of hydrogen-bond acceptors (Lipinski definition) is 2. The van der Waals surface area contributed by atoms with E-state index < -0.39 is 0 Å². The third kappa shape index (κ3) is 2.62. The van der Waals surface area contributed by atoms with Crippen LogP contribution in [0.4, 0.5) is 10.1 Å². The monoisotopic (exact) mass is 271 g/mol. The topological polar surface area (TPSA) is 21.3 Å². The minimum Gasteiger partial charge on any atom is -0.485 e. The lowest BCUT2D eigenvalue weighted by atomic mass is 10.1. The van der Waals surface area contributed by atoms with Gasteiger partial charge in [-0.3, -0.25) is 0 Å². The number of nitrogens with one attached hydrogen (secondary N) is 1. The van der Waals surface area contributed by atoms with E-state index in [9.17, 15) is 4.39 Å². The summed E-state index contributed by atoms with van der Waals surface area (Å²) in [6.07, 6.45) is 1.82. The molecular formula is C17H18FNO. The normalized spacial score (nSPS) is 17.8. The second-order valence-electron chi connectivity index (χ2n) is 5.20. The zero-order valence-electron chi connectivity index (χ0n) is 11.5. The van der Waals surface area contributed by atoms with Crippen molar-refractivity contribution >= 4 is 5.69 Å². The molecule has 0 saturated heterocycles. The van der Waals surface area contributed by atoms with Gasteiger partial charge in [-0.2, -0.15) is 0 Å². The van der Waals surface area contributed by atoms with Crippen LogP contribution < -0.4 is 10.1 Å². The van der Waals surface area contributed by atoms with Gasteiger partial charge in [-0.15, -0.1) is 0 Å². The van der Waals surface area contributed by atoms with Crippen LogP contribution in [-0.2, 0) is 6.42 Å². The molecule has 0 aromatic heterocycles. The Hall–Kier alpha value is -2.03. The zero-order chi connectivity index (χ0) is 13.9. The van der Waals surface area contributed by atoms with Gasteiger partial charge in [-0.1, -0.05) is 30.3 Å². The van der Waals surface area contributed by atoms with Crippen molar-refractivity contribution in [2.24, 2.45) is 0 Å². The zero-order valence-corrected chi connectivity index (χ0v) is 11.5.